The van der Waals surface area contributed by atoms with Gasteiger partial charge in [-0.05, 0) is 6.07 Å². The zero-order valence-corrected chi connectivity index (χ0v) is 14.8. The van der Waals surface area contributed by atoms with E-state index < -0.39 is 43.2 Å². The number of benzene rings is 1. The van der Waals surface area contributed by atoms with E-state index in [0.29, 0.717) is 11.3 Å². The number of anilines is 1. The molecule has 0 saturated carbocycles. The maximum atomic E-state index is 12.4. The Hall–Kier alpha value is -2.53. The first-order chi connectivity index (χ1) is 12.8. The normalized spacial score (nSPS) is 31.7. The first-order valence-electron chi connectivity index (χ1n) is 8.36. The van der Waals surface area contributed by atoms with E-state index in [1.165, 1.54) is 11.8 Å². The van der Waals surface area contributed by atoms with Gasteiger partial charge in [0.05, 0.1) is 12.3 Å². The van der Waals surface area contributed by atoms with Crippen LogP contribution in [0.3, 0.4) is 0 Å². The summed E-state index contributed by atoms with van der Waals surface area (Å²) < 4.78 is 5.41. The fourth-order valence-electron chi connectivity index (χ4n) is 3.10. The molecular weight excluding hydrogens is 358 g/mol. The van der Waals surface area contributed by atoms with E-state index in [4.69, 9.17) is 9.57 Å². The number of carbonyl (C=O) groups is 2. The van der Waals surface area contributed by atoms with Crippen molar-refractivity contribution in [2.45, 2.75) is 37.6 Å². The Kier molecular flexibility index (Phi) is 5.42. The summed E-state index contributed by atoms with van der Waals surface area (Å²) in [5.41, 5.74) is 1.27. The number of oxime groups is 1. The molecule has 5 unspecified atom stereocenters. The Morgan fingerprint density at radius 1 is 1.33 bits per heavy atom. The molecular formula is C17H21N3O7. The molecule has 0 bridgehead atoms. The minimum absolute atomic E-state index is 0.0411. The summed E-state index contributed by atoms with van der Waals surface area (Å²) in [7, 11) is 1.60. The van der Waals surface area contributed by atoms with Crippen molar-refractivity contribution >= 4 is 23.2 Å². The number of nitrogens with zero attached hydrogens (tertiary/aromatic N) is 2. The lowest BCUT2D eigenvalue weighted by atomic mass is 9.97. The number of ether oxygens (including phenoxy) is 1. The first kappa shape index (κ1) is 19.2. The van der Waals surface area contributed by atoms with Gasteiger partial charge in [-0.2, -0.15) is 0 Å². The van der Waals surface area contributed by atoms with Crippen LogP contribution in [0.2, 0.25) is 0 Å². The van der Waals surface area contributed by atoms with Crippen molar-refractivity contribution in [1.29, 1.82) is 0 Å². The van der Waals surface area contributed by atoms with Crippen molar-refractivity contribution in [3.05, 3.63) is 29.8 Å². The van der Waals surface area contributed by atoms with Gasteiger partial charge in [-0.1, -0.05) is 23.4 Å². The average Bonchev–Trinajstić information content (AvgIpc) is 2.89. The van der Waals surface area contributed by atoms with Crippen LogP contribution in [-0.4, -0.2) is 77.1 Å². The molecule has 1 saturated heterocycles. The molecule has 2 heterocycles. The van der Waals surface area contributed by atoms with Crippen LogP contribution in [-0.2, 0) is 19.2 Å². The number of para-hydroxylation sites is 1. The SMILES string of the molecule is CC(=O)NC1C(O/N=C2/C(=O)N(C)c3ccccc32)OC(CO)C(O)C1O. The van der Waals surface area contributed by atoms with Gasteiger partial charge in [-0.15, -0.1) is 0 Å². The Balaban J connectivity index is 1.87. The number of carbonyl (C=O) groups excluding carboxylic acids is 2. The molecule has 10 heteroatoms. The molecule has 1 aromatic rings. The Labute approximate surface area is 155 Å². The summed E-state index contributed by atoms with van der Waals surface area (Å²) in [4.78, 5) is 30.6. The van der Waals surface area contributed by atoms with Crippen LogP contribution >= 0.6 is 0 Å². The molecule has 1 fully saturated rings. The Morgan fingerprint density at radius 2 is 2.04 bits per heavy atom. The topological polar surface area (TPSA) is 141 Å². The number of aliphatic hydroxyl groups is 3. The second-order valence-corrected chi connectivity index (χ2v) is 6.36. The molecule has 5 atom stereocenters. The highest BCUT2D eigenvalue weighted by Crippen LogP contribution is 2.28. The molecule has 27 heavy (non-hydrogen) atoms. The van der Waals surface area contributed by atoms with Crippen LogP contribution < -0.4 is 10.2 Å². The van der Waals surface area contributed by atoms with E-state index in [1.54, 1.807) is 31.3 Å². The lowest BCUT2D eigenvalue weighted by molar-refractivity contribution is -0.270. The number of aliphatic hydroxyl groups excluding tert-OH is 3. The minimum atomic E-state index is -1.46. The second kappa shape index (κ2) is 7.61. The molecule has 10 nitrogen and oxygen atoms in total. The van der Waals surface area contributed by atoms with Crippen molar-refractivity contribution in [1.82, 2.24) is 5.32 Å². The van der Waals surface area contributed by atoms with E-state index in [1.807, 2.05) is 0 Å². The number of likely N-dealkylation sites (N-methyl/N-ethyl adjacent to an activating group) is 1. The number of rotatable bonds is 4. The smallest absolute Gasteiger partial charge is 0.280 e. The number of hydrogen-bond donors (Lipinski definition) is 4. The maximum absolute atomic E-state index is 12.4. The quantitative estimate of drug-likeness (QED) is 0.458. The lowest BCUT2D eigenvalue weighted by Gasteiger charge is -2.40. The molecule has 1 aromatic carbocycles. The largest absolute Gasteiger partial charge is 0.394 e. The molecule has 2 amide bonds. The van der Waals surface area contributed by atoms with E-state index in [0.717, 1.165) is 0 Å². The van der Waals surface area contributed by atoms with Crippen LogP contribution in [0.5, 0.6) is 0 Å². The third kappa shape index (κ3) is 3.52. The summed E-state index contributed by atoms with van der Waals surface area (Å²) in [5.74, 6) is -0.872. The van der Waals surface area contributed by atoms with Crippen molar-refractivity contribution in [3.63, 3.8) is 0 Å². The number of fused-ring (bicyclic) bond motifs is 1. The molecule has 146 valence electrons. The molecule has 0 aromatic heterocycles. The van der Waals surface area contributed by atoms with Crippen molar-refractivity contribution < 1.29 is 34.5 Å². The van der Waals surface area contributed by atoms with Gasteiger partial charge in [-0.3, -0.25) is 9.59 Å². The van der Waals surface area contributed by atoms with E-state index in [9.17, 15) is 24.9 Å². The Bertz CT molecular complexity index is 769. The number of nitrogens with one attached hydrogen (secondary N) is 1. The fourth-order valence-corrected chi connectivity index (χ4v) is 3.10. The zero-order valence-electron chi connectivity index (χ0n) is 14.8. The van der Waals surface area contributed by atoms with Crippen LogP contribution in [0, 0.1) is 0 Å². The van der Waals surface area contributed by atoms with E-state index in [2.05, 4.69) is 10.5 Å². The van der Waals surface area contributed by atoms with Crippen molar-refractivity contribution in [2.24, 2.45) is 5.16 Å². The van der Waals surface area contributed by atoms with Crippen LogP contribution in [0.25, 0.3) is 0 Å². The van der Waals surface area contributed by atoms with Gasteiger partial charge in [0, 0.05) is 19.5 Å². The van der Waals surface area contributed by atoms with Gasteiger partial charge in [0.15, 0.2) is 5.71 Å². The molecule has 2 aliphatic heterocycles. The first-order valence-corrected chi connectivity index (χ1v) is 8.36. The molecule has 0 spiro atoms. The highest BCUT2D eigenvalue weighted by atomic mass is 16.8. The summed E-state index contributed by atoms with van der Waals surface area (Å²) in [6, 6.07) is 5.86. The summed E-state index contributed by atoms with van der Waals surface area (Å²) in [5, 5.41) is 35.9. The van der Waals surface area contributed by atoms with E-state index >= 15 is 0 Å². The maximum Gasteiger partial charge on any atom is 0.280 e. The molecule has 2 aliphatic rings. The summed E-state index contributed by atoms with van der Waals surface area (Å²) in [6.45, 7) is 0.651. The molecule has 4 N–H and O–H groups in total. The summed E-state index contributed by atoms with van der Waals surface area (Å²) in [6.07, 6.45) is -5.34. The predicted molar refractivity (Wildman–Crippen MR) is 92.8 cm³/mol. The zero-order chi connectivity index (χ0) is 19.7. The van der Waals surface area contributed by atoms with Gasteiger partial charge in [0.25, 0.3) is 5.91 Å². The summed E-state index contributed by atoms with van der Waals surface area (Å²) >= 11 is 0. The van der Waals surface area contributed by atoms with E-state index in [-0.39, 0.29) is 11.6 Å². The lowest BCUT2D eigenvalue weighted by Crippen LogP contribution is -2.64. The van der Waals surface area contributed by atoms with Crippen LogP contribution in [0.4, 0.5) is 5.69 Å². The highest BCUT2D eigenvalue weighted by molar-refractivity contribution is 6.54. The monoisotopic (exact) mass is 379 g/mol. The van der Waals surface area contributed by atoms with Gasteiger partial charge in [0.2, 0.25) is 12.2 Å². The molecule has 0 radical (unpaired) electrons. The third-order valence-corrected chi connectivity index (χ3v) is 4.53. The van der Waals surface area contributed by atoms with Gasteiger partial charge < -0.3 is 35.1 Å². The van der Waals surface area contributed by atoms with Crippen molar-refractivity contribution in [3.8, 4) is 0 Å². The highest BCUT2D eigenvalue weighted by Gasteiger charge is 2.46. The van der Waals surface area contributed by atoms with Crippen molar-refractivity contribution in [2.75, 3.05) is 18.6 Å². The standard InChI is InChI=1S/C17H21N3O7/c1-8(22)18-13-15(24)14(23)11(7-21)26-17(13)27-19-12-9-5-3-4-6-10(9)20(2)16(12)25/h3-6,11,13-15,17,21,23-24H,7H2,1-2H3,(H,18,22)/b19-12+. The third-order valence-electron chi connectivity index (χ3n) is 4.53. The van der Waals surface area contributed by atoms with Gasteiger partial charge in [0.1, 0.15) is 24.4 Å². The minimum Gasteiger partial charge on any atom is -0.394 e. The van der Waals surface area contributed by atoms with Crippen LogP contribution in [0.1, 0.15) is 12.5 Å². The number of hydrogen-bond acceptors (Lipinski definition) is 8. The van der Waals surface area contributed by atoms with Gasteiger partial charge in [-0.25, -0.2) is 0 Å². The second-order valence-electron chi connectivity index (χ2n) is 6.36. The predicted octanol–water partition coefficient (Wildman–Crippen LogP) is -1.67. The molecule has 0 aliphatic carbocycles. The number of amides is 2. The molecule has 3 rings (SSSR count). The fraction of sp³-hybridized carbons (Fsp3) is 0.471. The van der Waals surface area contributed by atoms with Crippen LogP contribution in [0.15, 0.2) is 29.4 Å². The average molecular weight is 379 g/mol. The van der Waals surface area contributed by atoms with Gasteiger partial charge >= 0.3 is 0 Å². The Morgan fingerprint density at radius 3 is 2.70 bits per heavy atom.